The number of nitrogens with one attached hydrogen (secondary N) is 1. The van der Waals surface area contributed by atoms with Gasteiger partial charge in [0.15, 0.2) is 0 Å². The summed E-state index contributed by atoms with van der Waals surface area (Å²) in [5.74, 6) is 0.243. The third-order valence-corrected chi connectivity index (χ3v) is 3.98. The van der Waals surface area contributed by atoms with Gasteiger partial charge in [-0.3, -0.25) is 0 Å². The summed E-state index contributed by atoms with van der Waals surface area (Å²) in [7, 11) is 0. The van der Waals surface area contributed by atoms with E-state index >= 15 is 0 Å². The van der Waals surface area contributed by atoms with E-state index in [1.54, 1.807) is 0 Å². The normalized spacial score (nSPS) is 12.8. The smallest absolute Gasteiger partial charge is 0.0461 e. The molecule has 0 saturated heterocycles. The highest BCUT2D eigenvalue weighted by Crippen LogP contribution is 2.33. The quantitative estimate of drug-likeness (QED) is 0.740. The summed E-state index contributed by atoms with van der Waals surface area (Å²) in [5.41, 5.74) is 12.4. The van der Waals surface area contributed by atoms with E-state index < -0.39 is 0 Å². The number of aryl methyl sites for hydroxylation is 2. The van der Waals surface area contributed by atoms with Crippen LogP contribution in [-0.2, 0) is 0 Å². The Morgan fingerprint density at radius 1 is 1.05 bits per heavy atom. The summed E-state index contributed by atoms with van der Waals surface area (Å²) in [6, 6.07) is 17.1. The van der Waals surface area contributed by atoms with E-state index in [0.29, 0.717) is 6.54 Å². The maximum Gasteiger partial charge on any atom is 0.0461 e. The summed E-state index contributed by atoms with van der Waals surface area (Å²) >= 11 is 0. The minimum absolute atomic E-state index is 0.243. The molecule has 0 saturated carbocycles. The number of hydrogen-bond donors (Lipinski definition) is 2. The van der Waals surface area contributed by atoms with Crippen LogP contribution in [0, 0.1) is 13.8 Å². The van der Waals surface area contributed by atoms with Crippen molar-refractivity contribution in [1.82, 2.24) is 4.98 Å². The molecule has 2 nitrogen and oxygen atoms in total. The molecule has 3 aromatic rings. The van der Waals surface area contributed by atoms with Gasteiger partial charge in [0.25, 0.3) is 0 Å². The van der Waals surface area contributed by atoms with Crippen molar-refractivity contribution in [2.75, 3.05) is 6.54 Å². The molecule has 2 aromatic carbocycles. The molecule has 3 N–H and O–H groups in total. The number of rotatable bonds is 3. The van der Waals surface area contributed by atoms with Gasteiger partial charge >= 0.3 is 0 Å². The Morgan fingerprint density at radius 3 is 2.50 bits per heavy atom. The van der Waals surface area contributed by atoms with Crippen LogP contribution in [0.15, 0.2) is 48.5 Å². The van der Waals surface area contributed by atoms with E-state index in [4.69, 9.17) is 5.73 Å². The standard InChI is InChI=1S/C18H20N2/c1-12-8-9-15-17(10-12)20-13(2)18(15)16(11-19)14-6-4-3-5-7-14/h3-10,16,20H,11,19H2,1-2H3. The summed E-state index contributed by atoms with van der Waals surface area (Å²) in [4.78, 5) is 3.50. The third kappa shape index (κ3) is 2.12. The van der Waals surface area contributed by atoms with Gasteiger partial charge in [-0.25, -0.2) is 0 Å². The van der Waals surface area contributed by atoms with Crippen LogP contribution in [0.1, 0.15) is 28.3 Å². The Bertz CT molecular complexity index is 726. The summed E-state index contributed by atoms with van der Waals surface area (Å²) < 4.78 is 0. The molecular weight excluding hydrogens is 244 g/mol. The van der Waals surface area contributed by atoms with Gasteiger partial charge in [-0.1, -0.05) is 42.5 Å². The molecule has 0 radical (unpaired) electrons. The molecule has 1 heterocycles. The van der Waals surface area contributed by atoms with Gasteiger partial charge in [0.05, 0.1) is 0 Å². The molecular formula is C18H20N2. The van der Waals surface area contributed by atoms with Crippen LogP contribution in [0.2, 0.25) is 0 Å². The fourth-order valence-corrected chi connectivity index (χ4v) is 3.02. The highest BCUT2D eigenvalue weighted by Gasteiger charge is 2.19. The van der Waals surface area contributed by atoms with Gasteiger partial charge in [-0.05, 0) is 36.6 Å². The first-order chi connectivity index (χ1) is 9.70. The number of nitrogens with two attached hydrogens (primary N) is 1. The molecule has 2 heteroatoms. The third-order valence-electron chi connectivity index (χ3n) is 3.98. The largest absolute Gasteiger partial charge is 0.358 e. The Hall–Kier alpha value is -2.06. The number of benzene rings is 2. The molecule has 0 bridgehead atoms. The van der Waals surface area contributed by atoms with E-state index in [9.17, 15) is 0 Å². The van der Waals surface area contributed by atoms with E-state index in [1.807, 2.05) is 6.07 Å². The van der Waals surface area contributed by atoms with E-state index in [0.717, 1.165) is 0 Å². The Balaban J connectivity index is 2.19. The molecule has 20 heavy (non-hydrogen) atoms. The predicted octanol–water partition coefficient (Wildman–Crippen LogP) is 3.88. The van der Waals surface area contributed by atoms with Gasteiger partial charge < -0.3 is 10.7 Å². The summed E-state index contributed by atoms with van der Waals surface area (Å²) in [5, 5.41) is 1.28. The molecule has 0 spiro atoms. The first-order valence-corrected chi connectivity index (χ1v) is 7.04. The van der Waals surface area contributed by atoms with Crippen LogP contribution in [0.25, 0.3) is 10.9 Å². The zero-order valence-corrected chi connectivity index (χ0v) is 12.0. The van der Waals surface area contributed by atoms with Crippen molar-refractivity contribution in [2.45, 2.75) is 19.8 Å². The fraction of sp³-hybridized carbons (Fsp3) is 0.222. The maximum atomic E-state index is 6.07. The van der Waals surface area contributed by atoms with Crippen molar-refractivity contribution < 1.29 is 0 Å². The predicted molar refractivity (Wildman–Crippen MR) is 85.1 cm³/mol. The highest BCUT2D eigenvalue weighted by molar-refractivity contribution is 5.86. The number of aromatic nitrogens is 1. The topological polar surface area (TPSA) is 41.8 Å². The first-order valence-electron chi connectivity index (χ1n) is 7.04. The van der Waals surface area contributed by atoms with Crippen LogP contribution in [0.3, 0.4) is 0 Å². The molecule has 102 valence electrons. The molecule has 0 aliphatic carbocycles. The first kappa shape index (κ1) is 12.9. The molecule has 0 aliphatic heterocycles. The molecule has 1 atom stereocenters. The average Bonchev–Trinajstić information content (AvgIpc) is 2.77. The van der Waals surface area contributed by atoms with Crippen LogP contribution in [-0.4, -0.2) is 11.5 Å². The lowest BCUT2D eigenvalue weighted by Crippen LogP contribution is -2.14. The zero-order valence-electron chi connectivity index (χ0n) is 12.0. The summed E-state index contributed by atoms with van der Waals surface area (Å²) in [6.07, 6.45) is 0. The van der Waals surface area contributed by atoms with Gasteiger partial charge in [0, 0.05) is 29.1 Å². The van der Waals surface area contributed by atoms with Crippen LogP contribution >= 0.6 is 0 Å². The number of aromatic amines is 1. The Morgan fingerprint density at radius 2 is 1.80 bits per heavy atom. The second-order valence-electron chi connectivity index (χ2n) is 5.41. The minimum Gasteiger partial charge on any atom is -0.358 e. The Labute approximate surface area is 119 Å². The molecule has 3 rings (SSSR count). The molecule has 0 aliphatic rings. The number of hydrogen-bond acceptors (Lipinski definition) is 1. The monoisotopic (exact) mass is 264 g/mol. The van der Waals surface area contributed by atoms with Crippen LogP contribution in [0.5, 0.6) is 0 Å². The average molecular weight is 264 g/mol. The van der Waals surface area contributed by atoms with Gasteiger partial charge in [-0.2, -0.15) is 0 Å². The van der Waals surface area contributed by atoms with E-state index in [1.165, 1.54) is 33.3 Å². The van der Waals surface area contributed by atoms with E-state index in [-0.39, 0.29) is 5.92 Å². The lowest BCUT2D eigenvalue weighted by molar-refractivity contribution is 0.817. The SMILES string of the molecule is Cc1ccc2c(C(CN)c3ccccc3)c(C)[nH]c2c1. The minimum atomic E-state index is 0.243. The van der Waals surface area contributed by atoms with Crippen molar-refractivity contribution >= 4 is 10.9 Å². The molecule has 0 fully saturated rings. The number of fused-ring (bicyclic) bond motifs is 1. The van der Waals surface area contributed by atoms with Gasteiger partial charge in [0.1, 0.15) is 0 Å². The lowest BCUT2D eigenvalue weighted by Gasteiger charge is -2.16. The van der Waals surface area contributed by atoms with Crippen molar-refractivity contribution in [3.63, 3.8) is 0 Å². The van der Waals surface area contributed by atoms with Gasteiger partial charge in [0.2, 0.25) is 0 Å². The zero-order chi connectivity index (χ0) is 14.1. The highest BCUT2D eigenvalue weighted by atomic mass is 14.7. The number of H-pyrrole nitrogens is 1. The Kier molecular flexibility index (Phi) is 3.33. The van der Waals surface area contributed by atoms with Crippen LogP contribution in [0.4, 0.5) is 0 Å². The van der Waals surface area contributed by atoms with Crippen LogP contribution < -0.4 is 5.73 Å². The lowest BCUT2D eigenvalue weighted by atomic mass is 9.89. The molecule has 0 amide bonds. The maximum absolute atomic E-state index is 6.07. The van der Waals surface area contributed by atoms with Gasteiger partial charge in [-0.15, -0.1) is 0 Å². The van der Waals surface area contributed by atoms with Crippen molar-refractivity contribution in [3.05, 3.63) is 70.9 Å². The molecule has 1 aromatic heterocycles. The fourth-order valence-electron chi connectivity index (χ4n) is 3.02. The van der Waals surface area contributed by atoms with Crippen molar-refractivity contribution in [2.24, 2.45) is 5.73 Å². The van der Waals surface area contributed by atoms with E-state index in [2.05, 4.69) is 61.3 Å². The van der Waals surface area contributed by atoms with Crippen molar-refractivity contribution in [1.29, 1.82) is 0 Å². The van der Waals surface area contributed by atoms with Crippen molar-refractivity contribution in [3.8, 4) is 0 Å². The second kappa shape index (κ2) is 5.14. The summed E-state index contributed by atoms with van der Waals surface area (Å²) in [6.45, 7) is 4.87. The second-order valence-corrected chi connectivity index (χ2v) is 5.41. The molecule has 1 unspecified atom stereocenters.